The van der Waals surface area contributed by atoms with E-state index in [-0.39, 0.29) is 0 Å². The van der Waals surface area contributed by atoms with Crippen molar-refractivity contribution < 1.29 is 4.74 Å². The summed E-state index contributed by atoms with van der Waals surface area (Å²) in [5.41, 5.74) is 1.03. The third-order valence-electron chi connectivity index (χ3n) is 3.19. The molecule has 0 amide bonds. The second kappa shape index (κ2) is 5.46. The molecule has 1 aliphatic heterocycles. The smallest absolute Gasteiger partial charge is 0.0910 e. The van der Waals surface area contributed by atoms with Crippen LogP contribution in [0.5, 0.6) is 0 Å². The largest absolute Gasteiger partial charge is 0.370 e. The molecule has 90 valence electrons. The molecule has 1 aromatic rings. The Balaban J connectivity index is 1.82. The Hall–Kier alpha value is -0.870. The lowest BCUT2D eigenvalue weighted by Gasteiger charge is -2.10. The summed E-state index contributed by atoms with van der Waals surface area (Å²) in [7, 11) is 0. The predicted octanol–water partition coefficient (Wildman–Crippen LogP) is 1.73. The lowest BCUT2D eigenvalue weighted by atomic mass is 10.3. The van der Waals surface area contributed by atoms with Crippen molar-refractivity contribution in [1.29, 1.82) is 0 Å². The average molecular weight is 223 g/mol. The van der Waals surface area contributed by atoms with Crippen LogP contribution in [0.25, 0.3) is 0 Å². The summed E-state index contributed by atoms with van der Waals surface area (Å²) in [5, 5.41) is 7.80. The number of nitrogens with zero attached hydrogens (tertiary/aromatic N) is 2. The van der Waals surface area contributed by atoms with Crippen molar-refractivity contribution in [3.05, 3.63) is 18.0 Å². The van der Waals surface area contributed by atoms with Crippen LogP contribution in [0.3, 0.4) is 0 Å². The number of rotatable bonds is 5. The fraction of sp³-hybridized carbons (Fsp3) is 0.750. The summed E-state index contributed by atoms with van der Waals surface area (Å²) in [6, 6.07) is 2.52. The van der Waals surface area contributed by atoms with Crippen molar-refractivity contribution in [2.45, 2.75) is 45.4 Å². The highest BCUT2D eigenvalue weighted by molar-refractivity contribution is 4.98. The van der Waals surface area contributed by atoms with Gasteiger partial charge in [0.25, 0.3) is 0 Å². The SMILES string of the molecule is CCC(C)n1ccc(COC2CCNC2)n1. The third-order valence-corrected chi connectivity index (χ3v) is 3.19. The van der Waals surface area contributed by atoms with Crippen molar-refractivity contribution in [3.63, 3.8) is 0 Å². The summed E-state index contributed by atoms with van der Waals surface area (Å²) in [6.07, 6.45) is 4.63. The number of hydrogen-bond acceptors (Lipinski definition) is 3. The van der Waals surface area contributed by atoms with Crippen LogP contribution in [0, 0.1) is 0 Å². The molecule has 1 N–H and O–H groups in total. The van der Waals surface area contributed by atoms with Gasteiger partial charge in [-0.3, -0.25) is 4.68 Å². The van der Waals surface area contributed by atoms with Gasteiger partial charge >= 0.3 is 0 Å². The van der Waals surface area contributed by atoms with E-state index in [0.29, 0.717) is 18.8 Å². The Kier molecular flexibility index (Phi) is 3.96. The maximum Gasteiger partial charge on any atom is 0.0910 e. The molecule has 16 heavy (non-hydrogen) atoms. The quantitative estimate of drug-likeness (QED) is 0.826. The first-order valence-electron chi connectivity index (χ1n) is 6.16. The molecule has 2 unspecified atom stereocenters. The normalized spacial score (nSPS) is 22.5. The molecule has 1 saturated heterocycles. The van der Waals surface area contributed by atoms with Crippen molar-refractivity contribution >= 4 is 0 Å². The van der Waals surface area contributed by atoms with Crippen LogP contribution in [0.1, 0.15) is 38.4 Å². The van der Waals surface area contributed by atoms with Gasteiger partial charge in [0.05, 0.1) is 18.4 Å². The molecule has 1 aromatic heterocycles. The van der Waals surface area contributed by atoms with Crippen molar-refractivity contribution in [2.24, 2.45) is 0 Å². The molecule has 0 aromatic carbocycles. The van der Waals surface area contributed by atoms with E-state index in [1.165, 1.54) is 0 Å². The van der Waals surface area contributed by atoms with Crippen LogP contribution in [-0.4, -0.2) is 29.0 Å². The minimum atomic E-state index is 0.369. The summed E-state index contributed by atoms with van der Waals surface area (Å²) in [4.78, 5) is 0. The molecular formula is C12H21N3O. The summed E-state index contributed by atoms with van der Waals surface area (Å²) < 4.78 is 7.80. The number of hydrogen-bond donors (Lipinski definition) is 1. The number of ether oxygens (including phenoxy) is 1. The van der Waals surface area contributed by atoms with E-state index >= 15 is 0 Å². The lowest BCUT2D eigenvalue weighted by molar-refractivity contribution is 0.0518. The zero-order valence-electron chi connectivity index (χ0n) is 10.1. The van der Waals surface area contributed by atoms with Crippen molar-refractivity contribution in [1.82, 2.24) is 15.1 Å². The van der Waals surface area contributed by atoms with E-state index in [1.807, 2.05) is 10.9 Å². The molecule has 1 fully saturated rings. The molecule has 0 aliphatic carbocycles. The van der Waals surface area contributed by atoms with E-state index in [9.17, 15) is 0 Å². The monoisotopic (exact) mass is 223 g/mol. The average Bonchev–Trinajstić information content (AvgIpc) is 2.96. The molecule has 0 saturated carbocycles. The second-order valence-electron chi connectivity index (χ2n) is 4.47. The Morgan fingerprint density at radius 3 is 3.25 bits per heavy atom. The van der Waals surface area contributed by atoms with Gasteiger partial charge in [0.15, 0.2) is 0 Å². The molecule has 1 aliphatic rings. The Labute approximate surface area is 97.0 Å². The van der Waals surface area contributed by atoms with Gasteiger partial charge in [0.1, 0.15) is 0 Å². The first kappa shape index (κ1) is 11.6. The number of nitrogens with one attached hydrogen (secondary N) is 1. The Morgan fingerprint density at radius 2 is 2.56 bits per heavy atom. The minimum absolute atomic E-state index is 0.369. The molecule has 2 heterocycles. The minimum Gasteiger partial charge on any atom is -0.370 e. The molecule has 0 spiro atoms. The molecule has 4 heteroatoms. The maximum atomic E-state index is 5.78. The van der Waals surface area contributed by atoms with E-state index in [2.05, 4.69) is 30.3 Å². The van der Waals surface area contributed by atoms with Crippen LogP contribution in [0.15, 0.2) is 12.3 Å². The van der Waals surface area contributed by atoms with Gasteiger partial charge in [-0.1, -0.05) is 6.92 Å². The van der Waals surface area contributed by atoms with Crippen molar-refractivity contribution in [2.75, 3.05) is 13.1 Å². The van der Waals surface area contributed by atoms with E-state index in [1.54, 1.807) is 0 Å². The summed E-state index contributed by atoms with van der Waals surface area (Å²) >= 11 is 0. The van der Waals surface area contributed by atoms with Crippen LogP contribution < -0.4 is 5.32 Å². The highest BCUT2D eigenvalue weighted by Crippen LogP contribution is 2.11. The topological polar surface area (TPSA) is 39.1 Å². The third kappa shape index (κ3) is 2.83. The lowest BCUT2D eigenvalue weighted by Crippen LogP contribution is -2.16. The van der Waals surface area contributed by atoms with Gasteiger partial charge in [-0.05, 0) is 32.4 Å². The van der Waals surface area contributed by atoms with Crippen molar-refractivity contribution in [3.8, 4) is 0 Å². The summed E-state index contributed by atoms with van der Waals surface area (Å²) in [5.74, 6) is 0. The molecular weight excluding hydrogens is 202 g/mol. The highest BCUT2D eigenvalue weighted by atomic mass is 16.5. The zero-order chi connectivity index (χ0) is 11.4. The van der Waals surface area contributed by atoms with Gasteiger partial charge in [-0.25, -0.2) is 0 Å². The fourth-order valence-electron chi connectivity index (χ4n) is 1.86. The van der Waals surface area contributed by atoms with Crippen LogP contribution in [0.2, 0.25) is 0 Å². The van der Waals surface area contributed by atoms with Gasteiger partial charge in [-0.15, -0.1) is 0 Å². The van der Waals surface area contributed by atoms with Gasteiger partial charge in [0.2, 0.25) is 0 Å². The van der Waals surface area contributed by atoms with Gasteiger partial charge in [0, 0.05) is 18.8 Å². The molecule has 4 nitrogen and oxygen atoms in total. The predicted molar refractivity (Wildman–Crippen MR) is 63.3 cm³/mol. The molecule has 0 bridgehead atoms. The Morgan fingerprint density at radius 1 is 1.69 bits per heavy atom. The van der Waals surface area contributed by atoms with Crippen LogP contribution >= 0.6 is 0 Å². The second-order valence-corrected chi connectivity index (χ2v) is 4.47. The number of aromatic nitrogens is 2. The van der Waals surface area contributed by atoms with Gasteiger partial charge in [-0.2, -0.15) is 5.10 Å². The molecule has 2 rings (SSSR count). The van der Waals surface area contributed by atoms with Crippen LogP contribution in [-0.2, 0) is 11.3 Å². The van der Waals surface area contributed by atoms with E-state index < -0.39 is 0 Å². The van der Waals surface area contributed by atoms with E-state index in [4.69, 9.17) is 4.74 Å². The maximum absolute atomic E-state index is 5.78. The molecule has 0 radical (unpaired) electrons. The van der Waals surface area contributed by atoms with E-state index in [0.717, 1.165) is 31.6 Å². The standard InChI is InChI=1S/C12H21N3O/c1-3-10(2)15-7-5-11(14-15)9-16-12-4-6-13-8-12/h5,7,10,12-13H,3-4,6,8-9H2,1-2H3. The summed E-state index contributed by atoms with van der Waals surface area (Å²) in [6.45, 7) is 7.04. The fourth-order valence-corrected chi connectivity index (χ4v) is 1.86. The van der Waals surface area contributed by atoms with Gasteiger partial charge < -0.3 is 10.1 Å². The Bertz CT molecular complexity index is 318. The molecule has 2 atom stereocenters. The first-order chi connectivity index (χ1) is 7.79. The highest BCUT2D eigenvalue weighted by Gasteiger charge is 2.15. The van der Waals surface area contributed by atoms with Crippen LogP contribution in [0.4, 0.5) is 0 Å². The zero-order valence-corrected chi connectivity index (χ0v) is 10.1. The first-order valence-corrected chi connectivity index (χ1v) is 6.16.